The van der Waals surface area contributed by atoms with Gasteiger partial charge in [0.1, 0.15) is 0 Å². The molecule has 2 heterocycles. The molecule has 0 N–H and O–H groups in total. The van der Waals surface area contributed by atoms with Gasteiger partial charge in [-0.25, -0.2) is 0 Å². The topological polar surface area (TPSA) is 16.1 Å². The molecule has 1 unspecified atom stereocenters. The van der Waals surface area contributed by atoms with E-state index in [9.17, 15) is 0 Å². The highest BCUT2D eigenvalue weighted by Gasteiger charge is 2.22. The molecule has 3 heteroatoms. The first-order valence-corrected chi connectivity index (χ1v) is 4.10. The number of aromatic nitrogens is 1. The second-order valence-electron chi connectivity index (χ2n) is 2.20. The zero-order valence-electron chi connectivity index (χ0n) is 19.3. The van der Waals surface area contributed by atoms with Gasteiger partial charge >= 0.3 is 0 Å². The summed E-state index contributed by atoms with van der Waals surface area (Å²) in [5.74, 6) is 0. The third-order valence-electron chi connectivity index (χ3n) is 1.37. The van der Waals surface area contributed by atoms with E-state index < -0.39 is 56.2 Å². The van der Waals surface area contributed by atoms with E-state index in [0.29, 0.717) is 0 Å². The molecule has 0 aliphatic carbocycles. The van der Waals surface area contributed by atoms with E-state index in [1.807, 2.05) is 0 Å². The minimum atomic E-state index is -3.49. The molecule has 1 aliphatic rings. The van der Waals surface area contributed by atoms with Crippen LogP contribution >= 0.6 is 15.9 Å². The van der Waals surface area contributed by atoms with Gasteiger partial charge in [0, 0.05) is 35.2 Å². The highest BCUT2D eigenvalue weighted by Crippen LogP contribution is 2.30. The summed E-state index contributed by atoms with van der Waals surface area (Å²) in [6.45, 7) is -6.96. The molecule has 0 spiro atoms. The van der Waals surface area contributed by atoms with Gasteiger partial charge in [-0.05, 0) is 53.8 Å². The van der Waals surface area contributed by atoms with Crippen molar-refractivity contribution in [2.24, 2.45) is 0 Å². The Morgan fingerprint density at radius 1 is 1.92 bits per heavy atom. The van der Waals surface area contributed by atoms with Crippen molar-refractivity contribution in [1.29, 1.82) is 0 Å². The van der Waals surface area contributed by atoms with Gasteiger partial charge in [0.15, 0.2) is 0 Å². The van der Waals surface area contributed by atoms with Gasteiger partial charge in [0.2, 0.25) is 0 Å². The molecule has 13 heavy (non-hydrogen) atoms. The maximum atomic E-state index is 8.55. The van der Waals surface area contributed by atoms with E-state index in [1.54, 1.807) is 0 Å². The van der Waals surface area contributed by atoms with Crippen LogP contribution in [0.1, 0.15) is 42.1 Å². The van der Waals surface area contributed by atoms with Crippen molar-refractivity contribution in [3.63, 3.8) is 0 Å². The lowest BCUT2D eigenvalue weighted by molar-refractivity contribution is 0.317. The van der Waals surface area contributed by atoms with Crippen LogP contribution in [-0.2, 0) is 0 Å². The van der Waals surface area contributed by atoms with Crippen molar-refractivity contribution in [3.05, 3.63) is 28.4 Å². The smallest absolute Gasteiger partial charge is 0.0852 e. The Morgan fingerprint density at radius 3 is 3.69 bits per heavy atom. The molecule has 1 aliphatic heterocycles. The molecule has 2 nitrogen and oxygen atoms in total. The molecule has 1 saturated heterocycles. The fourth-order valence-electron chi connectivity index (χ4n) is 0.840. The maximum Gasteiger partial charge on any atom is 0.0852 e. The van der Waals surface area contributed by atoms with Crippen LogP contribution in [0, 0.1) is 0 Å². The average Bonchev–Trinajstić information content (AvgIpc) is 2.49. The number of nitrogens with zero attached hydrogens (tertiary/aromatic N) is 2. The number of hydrogen-bond acceptors (Lipinski definition) is 2. The van der Waals surface area contributed by atoms with E-state index in [4.69, 9.17) is 17.8 Å². The summed E-state index contributed by atoms with van der Waals surface area (Å²) in [6, 6.07) is -4.14. The van der Waals surface area contributed by atoms with Gasteiger partial charge < -0.3 is 0 Å². The molecular weight excluding hydrogens is 228 g/mol. The van der Waals surface area contributed by atoms with Crippen LogP contribution in [0.25, 0.3) is 0 Å². The van der Waals surface area contributed by atoms with Crippen LogP contribution in [0.5, 0.6) is 0 Å². The standard InChI is InChI=1S/C10H13BrN2/c1-13-4-2-3-10(13)8-5-9(11)7-12-6-8/h5-7,10H,2-4H2,1H3/i1D3,2D2,3D2,4D2,5D,6D,7D,10D. The molecule has 1 aromatic rings. The van der Waals surface area contributed by atoms with Crippen molar-refractivity contribution < 1.29 is 17.8 Å². The van der Waals surface area contributed by atoms with Gasteiger partial charge in [-0.15, -0.1) is 0 Å². The van der Waals surface area contributed by atoms with E-state index in [2.05, 4.69) is 20.9 Å². The number of pyridine rings is 1. The van der Waals surface area contributed by atoms with Crippen molar-refractivity contribution >= 4 is 15.9 Å². The Balaban J connectivity index is 3.03. The molecule has 1 atom stereocenters. The normalized spacial score (nSPS) is 56.5. The Labute approximate surface area is 105 Å². The Hall–Kier alpha value is -0.410. The lowest BCUT2D eigenvalue weighted by Gasteiger charge is -2.19. The van der Waals surface area contributed by atoms with Gasteiger partial charge in [-0.3, -0.25) is 9.88 Å². The second-order valence-corrected chi connectivity index (χ2v) is 2.99. The highest BCUT2D eigenvalue weighted by atomic mass is 79.9. The van der Waals surface area contributed by atoms with Crippen molar-refractivity contribution in [2.75, 3.05) is 13.5 Å². The monoisotopic (exact) mass is 253 g/mol. The lowest BCUT2D eigenvalue weighted by Crippen LogP contribution is -2.17. The van der Waals surface area contributed by atoms with Crippen LogP contribution in [-0.4, -0.2) is 23.4 Å². The number of hydrogen-bond donors (Lipinski definition) is 0. The van der Waals surface area contributed by atoms with Gasteiger partial charge in [0.05, 0.1) is 5.48 Å². The average molecular weight is 254 g/mol. The predicted octanol–water partition coefficient (Wildman–Crippen LogP) is 2.61. The maximum absolute atomic E-state index is 8.55. The number of halogens is 1. The van der Waals surface area contributed by atoms with Crippen LogP contribution in [0.4, 0.5) is 0 Å². The summed E-state index contributed by atoms with van der Waals surface area (Å²) in [5, 5.41) is 0. The van der Waals surface area contributed by atoms with Crippen LogP contribution in [0.15, 0.2) is 22.9 Å². The van der Waals surface area contributed by atoms with Crippen LogP contribution < -0.4 is 0 Å². The molecule has 1 aromatic heterocycles. The Bertz CT molecular complexity index is 760. The van der Waals surface area contributed by atoms with Gasteiger partial charge in [0.25, 0.3) is 0 Å². The third-order valence-corrected chi connectivity index (χ3v) is 1.74. The second kappa shape index (κ2) is 3.76. The zero-order chi connectivity index (χ0) is 20.7. The fraction of sp³-hybridized carbons (Fsp3) is 0.500. The molecule has 0 bridgehead atoms. The molecule has 0 saturated carbocycles. The number of likely N-dealkylation sites (tertiary alicyclic amines) is 1. The summed E-state index contributed by atoms with van der Waals surface area (Å²) < 4.78 is 102. The van der Waals surface area contributed by atoms with Crippen LogP contribution in [0.2, 0.25) is 0 Å². The van der Waals surface area contributed by atoms with E-state index in [0.717, 1.165) is 0 Å². The third kappa shape index (κ3) is 1.92. The summed E-state index contributed by atoms with van der Waals surface area (Å²) in [4.78, 5) is 3.14. The molecular formula is C10H13BrN2. The Morgan fingerprint density at radius 2 is 2.85 bits per heavy atom. The van der Waals surface area contributed by atoms with Crippen molar-refractivity contribution in [2.45, 2.75) is 18.8 Å². The van der Waals surface area contributed by atoms with E-state index in [1.165, 1.54) is 0 Å². The Kier molecular flexibility index (Phi) is 0.692. The molecule has 0 amide bonds. The predicted molar refractivity (Wildman–Crippen MR) is 56.5 cm³/mol. The zero-order valence-corrected chi connectivity index (χ0v) is 7.86. The SMILES string of the molecule is [2H]c1nc([2H])c(C2([2H])N(C([2H])([2H])[2H])C([2H])([2H])C([2H])([2H])C2([2H])[2H])c([2H])c1Br. The minimum absolute atomic E-state index is 0.282. The summed E-state index contributed by atoms with van der Waals surface area (Å²) >= 11 is 2.83. The first kappa shape index (κ1) is 2.39. The first-order valence-electron chi connectivity index (χ1n) is 9.81. The minimum Gasteiger partial charge on any atom is -0.299 e. The fourth-order valence-corrected chi connectivity index (χ4v) is 1.13. The van der Waals surface area contributed by atoms with Crippen molar-refractivity contribution in [3.8, 4) is 0 Å². The highest BCUT2D eigenvalue weighted by molar-refractivity contribution is 9.10. The van der Waals surface area contributed by atoms with Crippen molar-refractivity contribution in [1.82, 2.24) is 9.88 Å². The lowest BCUT2D eigenvalue weighted by atomic mass is 10.1. The summed E-state index contributed by atoms with van der Waals surface area (Å²) in [6.07, 6.45) is -8.54. The molecule has 2 rings (SSSR count). The summed E-state index contributed by atoms with van der Waals surface area (Å²) in [7, 11) is 0. The first-order chi connectivity index (χ1) is 11.4. The molecule has 0 aromatic carbocycles. The molecule has 0 radical (unpaired) electrons. The van der Waals surface area contributed by atoms with Gasteiger partial charge in [-0.1, -0.05) is 0 Å². The summed E-state index contributed by atoms with van der Waals surface area (Å²) in [5.41, 5.74) is -0.952. The van der Waals surface area contributed by atoms with E-state index >= 15 is 0 Å². The van der Waals surface area contributed by atoms with Gasteiger partial charge in [-0.2, -0.15) is 0 Å². The quantitative estimate of drug-likeness (QED) is 0.765. The molecule has 1 fully saturated rings. The number of rotatable bonds is 1. The molecule has 70 valence electrons. The van der Waals surface area contributed by atoms with Crippen LogP contribution in [0.3, 0.4) is 0 Å². The van der Waals surface area contributed by atoms with E-state index in [-0.39, 0.29) is 9.37 Å². The largest absolute Gasteiger partial charge is 0.299 e.